The van der Waals surface area contributed by atoms with Gasteiger partial charge in [0.1, 0.15) is 0 Å². The van der Waals surface area contributed by atoms with Crippen molar-refractivity contribution >= 4 is 23.2 Å². The molecule has 0 unspecified atom stereocenters. The van der Waals surface area contributed by atoms with Crippen LogP contribution in [0.4, 0.5) is 11.4 Å². The summed E-state index contributed by atoms with van der Waals surface area (Å²) in [7, 11) is 0. The second-order valence-corrected chi connectivity index (χ2v) is 8.23. The van der Waals surface area contributed by atoms with Crippen LogP contribution in [0.15, 0.2) is 121 Å². The Kier molecular flexibility index (Phi) is 10.3. The molecule has 2 amide bonds. The highest BCUT2D eigenvalue weighted by Gasteiger charge is 2.07. The Hall–Kier alpha value is -4.18. The van der Waals surface area contributed by atoms with E-state index in [4.69, 9.17) is 0 Å². The fraction of sp³-hybridized carbons (Fsp3) is 0.161. The van der Waals surface area contributed by atoms with Gasteiger partial charge in [-0.3, -0.25) is 9.59 Å². The van der Waals surface area contributed by atoms with Crippen LogP contribution in [0.1, 0.15) is 43.2 Å². The first-order chi connectivity index (χ1) is 17.1. The maximum absolute atomic E-state index is 11.7. The number of nitrogens with one attached hydrogen (secondary N) is 2. The van der Waals surface area contributed by atoms with E-state index in [9.17, 15) is 9.59 Å². The number of amides is 2. The normalized spacial score (nSPS) is 10.1. The predicted molar refractivity (Wildman–Crippen MR) is 144 cm³/mol. The number of carbonyl (C=O) groups excluding carboxylic acids is 2. The third-order valence-corrected chi connectivity index (χ3v) is 5.52. The lowest BCUT2D eigenvalue weighted by atomic mass is 9.93. The SMILES string of the molecule is CC(c1ccccc1)c1ccccc1.O=C(CCCC(=O)Nc1ccccc1)Nc1ccccc1. The molecule has 0 aliphatic heterocycles. The van der Waals surface area contributed by atoms with Crippen molar-refractivity contribution in [1.82, 2.24) is 0 Å². The fourth-order valence-electron chi connectivity index (χ4n) is 3.58. The third kappa shape index (κ3) is 9.30. The lowest BCUT2D eigenvalue weighted by Gasteiger charge is -2.11. The molecule has 0 saturated heterocycles. The maximum atomic E-state index is 11.7. The van der Waals surface area contributed by atoms with Crippen LogP contribution in [-0.2, 0) is 9.59 Å². The molecule has 4 nitrogen and oxygen atoms in total. The van der Waals surface area contributed by atoms with Gasteiger partial charge in [-0.2, -0.15) is 0 Å². The zero-order valence-electron chi connectivity index (χ0n) is 20.1. The number of anilines is 2. The predicted octanol–water partition coefficient (Wildman–Crippen LogP) is 7.27. The molecular formula is C31H32N2O2. The van der Waals surface area contributed by atoms with E-state index in [-0.39, 0.29) is 11.8 Å². The molecule has 0 aromatic heterocycles. The highest BCUT2D eigenvalue weighted by atomic mass is 16.2. The average Bonchev–Trinajstić information content (AvgIpc) is 2.91. The smallest absolute Gasteiger partial charge is 0.224 e. The summed E-state index contributed by atoms with van der Waals surface area (Å²) in [6.07, 6.45) is 1.19. The Morgan fingerprint density at radius 3 is 1.20 bits per heavy atom. The van der Waals surface area contributed by atoms with Gasteiger partial charge in [0.05, 0.1) is 0 Å². The van der Waals surface area contributed by atoms with Crippen molar-refractivity contribution in [2.45, 2.75) is 32.1 Å². The van der Waals surface area contributed by atoms with Gasteiger partial charge < -0.3 is 10.6 Å². The molecule has 0 bridgehead atoms. The van der Waals surface area contributed by atoms with E-state index in [0.29, 0.717) is 25.2 Å². The molecule has 178 valence electrons. The molecule has 0 saturated carbocycles. The van der Waals surface area contributed by atoms with Gasteiger partial charge in [0, 0.05) is 30.1 Å². The van der Waals surface area contributed by atoms with Gasteiger partial charge in [-0.25, -0.2) is 0 Å². The summed E-state index contributed by atoms with van der Waals surface area (Å²) in [6, 6.07) is 39.8. The van der Waals surface area contributed by atoms with Crippen LogP contribution in [0.5, 0.6) is 0 Å². The molecule has 0 aliphatic rings. The fourth-order valence-corrected chi connectivity index (χ4v) is 3.58. The molecule has 0 spiro atoms. The van der Waals surface area contributed by atoms with E-state index in [2.05, 4.69) is 78.2 Å². The molecule has 4 aromatic rings. The molecule has 0 aliphatic carbocycles. The van der Waals surface area contributed by atoms with Crippen molar-refractivity contribution in [2.75, 3.05) is 10.6 Å². The molecule has 0 radical (unpaired) electrons. The van der Waals surface area contributed by atoms with Gasteiger partial charge in [-0.1, -0.05) is 104 Å². The molecule has 0 fully saturated rings. The van der Waals surface area contributed by atoms with E-state index in [1.54, 1.807) is 0 Å². The Bertz CT molecular complexity index is 1050. The van der Waals surface area contributed by atoms with Crippen molar-refractivity contribution in [2.24, 2.45) is 0 Å². The first-order valence-electron chi connectivity index (χ1n) is 11.9. The van der Waals surface area contributed by atoms with E-state index in [1.165, 1.54) is 11.1 Å². The Labute approximate surface area is 208 Å². The molecule has 4 rings (SSSR count). The van der Waals surface area contributed by atoms with Crippen LogP contribution in [0.2, 0.25) is 0 Å². The van der Waals surface area contributed by atoms with Crippen molar-refractivity contribution < 1.29 is 9.59 Å². The Morgan fingerprint density at radius 1 is 0.543 bits per heavy atom. The quantitative estimate of drug-likeness (QED) is 0.288. The zero-order chi connectivity index (χ0) is 24.7. The van der Waals surface area contributed by atoms with Crippen molar-refractivity contribution in [3.8, 4) is 0 Å². The molecule has 0 heterocycles. The highest BCUT2D eigenvalue weighted by molar-refractivity contribution is 5.92. The summed E-state index contributed by atoms with van der Waals surface area (Å²) in [6.45, 7) is 2.24. The molecule has 2 N–H and O–H groups in total. The van der Waals surface area contributed by atoms with Crippen LogP contribution in [0, 0.1) is 0 Å². The number of rotatable bonds is 8. The van der Waals surface area contributed by atoms with Crippen LogP contribution in [0.3, 0.4) is 0 Å². The van der Waals surface area contributed by atoms with Gasteiger partial charge >= 0.3 is 0 Å². The second-order valence-electron chi connectivity index (χ2n) is 8.23. The number of hydrogen-bond acceptors (Lipinski definition) is 2. The van der Waals surface area contributed by atoms with Crippen molar-refractivity contribution in [1.29, 1.82) is 0 Å². The standard InChI is InChI=1S/C17H18N2O2.C14H14/c20-16(18-14-8-3-1-4-9-14)12-7-13-17(21)19-15-10-5-2-6-11-15;1-12(13-8-4-2-5-9-13)14-10-6-3-7-11-14/h1-6,8-11H,7,12-13H2,(H,18,20)(H,19,21);2-12H,1H3. The van der Waals surface area contributed by atoms with Crippen LogP contribution >= 0.6 is 0 Å². The third-order valence-electron chi connectivity index (χ3n) is 5.52. The Balaban J connectivity index is 0.000000211. The van der Waals surface area contributed by atoms with Gasteiger partial charge in [0.15, 0.2) is 0 Å². The molecule has 35 heavy (non-hydrogen) atoms. The molecule has 0 atom stereocenters. The topological polar surface area (TPSA) is 58.2 Å². The first-order valence-corrected chi connectivity index (χ1v) is 11.9. The molecule has 4 aromatic carbocycles. The summed E-state index contributed by atoms with van der Waals surface area (Å²) in [5.41, 5.74) is 4.30. The van der Waals surface area contributed by atoms with Gasteiger partial charge in [-0.15, -0.1) is 0 Å². The zero-order valence-corrected chi connectivity index (χ0v) is 20.1. The van der Waals surface area contributed by atoms with E-state index in [1.807, 2.05) is 60.7 Å². The van der Waals surface area contributed by atoms with Crippen LogP contribution in [0.25, 0.3) is 0 Å². The summed E-state index contributed by atoms with van der Waals surface area (Å²) >= 11 is 0. The second kappa shape index (κ2) is 14.2. The summed E-state index contributed by atoms with van der Waals surface area (Å²) in [5.74, 6) is 0.333. The van der Waals surface area contributed by atoms with Crippen LogP contribution < -0.4 is 10.6 Å². The monoisotopic (exact) mass is 464 g/mol. The minimum atomic E-state index is -0.0753. The van der Waals surface area contributed by atoms with Gasteiger partial charge in [-0.05, 0) is 41.8 Å². The van der Waals surface area contributed by atoms with Crippen molar-refractivity contribution in [3.63, 3.8) is 0 Å². The van der Waals surface area contributed by atoms with Crippen LogP contribution in [-0.4, -0.2) is 11.8 Å². The lowest BCUT2D eigenvalue weighted by molar-refractivity contribution is -0.117. The minimum absolute atomic E-state index is 0.0753. The highest BCUT2D eigenvalue weighted by Crippen LogP contribution is 2.22. The maximum Gasteiger partial charge on any atom is 0.224 e. The minimum Gasteiger partial charge on any atom is -0.326 e. The van der Waals surface area contributed by atoms with E-state index < -0.39 is 0 Å². The largest absolute Gasteiger partial charge is 0.326 e. The summed E-state index contributed by atoms with van der Waals surface area (Å²) in [5, 5.41) is 5.59. The summed E-state index contributed by atoms with van der Waals surface area (Å²) < 4.78 is 0. The van der Waals surface area contributed by atoms with E-state index >= 15 is 0 Å². The van der Waals surface area contributed by atoms with Gasteiger partial charge in [0.25, 0.3) is 0 Å². The number of benzene rings is 4. The molecular weight excluding hydrogens is 432 g/mol. The average molecular weight is 465 g/mol. The number of carbonyl (C=O) groups is 2. The first kappa shape index (κ1) is 25.4. The number of hydrogen-bond donors (Lipinski definition) is 2. The van der Waals surface area contributed by atoms with E-state index in [0.717, 1.165) is 11.4 Å². The van der Waals surface area contributed by atoms with Crippen molar-refractivity contribution in [3.05, 3.63) is 132 Å². The van der Waals surface area contributed by atoms with Gasteiger partial charge in [0.2, 0.25) is 11.8 Å². The lowest BCUT2D eigenvalue weighted by Crippen LogP contribution is -2.14. The molecule has 4 heteroatoms. The summed E-state index contributed by atoms with van der Waals surface area (Å²) in [4.78, 5) is 23.4. The number of para-hydroxylation sites is 2. The Morgan fingerprint density at radius 2 is 0.857 bits per heavy atom.